The first-order valence-electron chi connectivity index (χ1n) is 11.0. The molecule has 0 aliphatic rings. The van der Waals surface area contributed by atoms with E-state index in [-0.39, 0.29) is 24.7 Å². The molecule has 1 N–H and O–H groups in total. The van der Waals surface area contributed by atoms with Crippen LogP contribution in [-0.2, 0) is 22.7 Å². The predicted octanol–water partition coefficient (Wildman–Crippen LogP) is 5.55. The first kappa shape index (κ1) is 29.6. The van der Waals surface area contributed by atoms with E-state index in [0.717, 1.165) is 9.13 Å². The lowest BCUT2D eigenvalue weighted by Crippen LogP contribution is -2.25. The highest BCUT2D eigenvalue weighted by molar-refractivity contribution is 14.1. The number of hydrogen-bond acceptors (Lipinski definition) is 8. The Bertz CT molecular complexity index is 1380. The van der Waals surface area contributed by atoms with Crippen LogP contribution in [0.1, 0.15) is 27.9 Å². The van der Waals surface area contributed by atoms with Crippen molar-refractivity contribution in [2.24, 2.45) is 5.10 Å². The number of nitriles is 1. The monoisotopic (exact) mass is 712 g/mol. The van der Waals surface area contributed by atoms with E-state index in [1.807, 2.05) is 18.2 Å². The molecule has 198 valence electrons. The van der Waals surface area contributed by atoms with Gasteiger partial charge in [0, 0.05) is 22.2 Å². The Kier molecular flexibility index (Phi) is 11.1. The van der Waals surface area contributed by atoms with Gasteiger partial charge in [-0.2, -0.15) is 10.4 Å². The quantitative estimate of drug-likeness (QED) is 0.158. The number of ether oxygens (including phenoxy) is 4. The van der Waals surface area contributed by atoms with Crippen molar-refractivity contribution in [1.82, 2.24) is 10.4 Å². The molecular formula is C26H23BrClIN4O5. The number of halogens is 3. The Morgan fingerprint density at radius 3 is 2.63 bits per heavy atom. The van der Waals surface area contributed by atoms with Crippen molar-refractivity contribution >= 4 is 62.2 Å². The van der Waals surface area contributed by atoms with Crippen molar-refractivity contribution in [2.75, 3.05) is 20.8 Å². The molecule has 1 aromatic heterocycles. The highest BCUT2D eigenvalue weighted by Gasteiger charge is 2.18. The molecule has 1 heterocycles. The maximum Gasteiger partial charge on any atom is 0.278 e. The molecule has 12 heteroatoms. The van der Waals surface area contributed by atoms with Gasteiger partial charge in [0.15, 0.2) is 18.1 Å². The molecule has 38 heavy (non-hydrogen) atoms. The summed E-state index contributed by atoms with van der Waals surface area (Å²) < 4.78 is 23.6. The molecule has 0 fully saturated rings. The average Bonchev–Trinajstić information content (AvgIpc) is 2.90. The van der Waals surface area contributed by atoms with Gasteiger partial charge in [0.2, 0.25) is 5.88 Å². The molecule has 0 saturated heterocycles. The summed E-state index contributed by atoms with van der Waals surface area (Å²) in [4.78, 5) is 16.6. The summed E-state index contributed by atoms with van der Waals surface area (Å²) in [7, 11) is 3.07. The summed E-state index contributed by atoms with van der Waals surface area (Å²) in [5.74, 6) is 0.642. The van der Waals surface area contributed by atoms with Crippen molar-refractivity contribution < 1.29 is 23.7 Å². The van der Waals surface area contributed by atoms with Crippen LogP contribution in [0.2, 0.25) is 5.02 Å². The second kappa shape index (κ2) is 14.3. The first-order chi connectivity index (χ1) is 18.3. The maximum atomic E-state index is 12.3. The van der Waals surface area contributed by atoms with E-state index < -0.39 is 5.91 Å². The fraction of sp³-hybridized carbons (Fsp3) is 0.231. The third kappa shape index (κ3) is 7.80. The van der Waals surface area contributed by atoms with E-state index in [4.69, 9.17) is 30.5 Å². The summed E-state index contributed by atoms with van der Waals surface area (Å²) in [6.07, 6.45) is 1.48. The van der Waals surface area contributed by atoms with Gasteiger partial charge in [0.25, 0.3) is 5.91 Å². The fourth-order valence-corrected chi connectivity index (χ4v) is 4.56. The second-order valence-corrected chi connectivity index (χ2v) is 10.1. The Hall–Kier alpha value is -2.92. The minimum Gasteiger partial charge on any atom is -0.493 e. The predicted molar refractivity (Wildman–Crippen MR) is 155 cm³/mol. The number of carbonyl (C=O) groups is 1. The number of amides is 1. The zero-order valence-corrected chi connectivity index (χ0v) is 25.2. The summed E-state index contributed by atoms with van der Waals surface area (Å²) in [5, 5.41) is 14.2. The second-order valence-electron chi connectivity index (χ2n) is 7.75. The molecule has 0 radical (unpaired) electrons. The number of hydrazone groups is 1. The molecule has 0 saturated carbocycles. The third-order valence-electron chi connectivity index (χ3n) is 5.06. The van der Waals surface area contributed by atoms with Crippen molar-refractivity contribution in [3.05, 3.63) is 77.4 Å². The number of nitrogens with one attached hydrogen (secondary N) is 1. The minimum atomic E-state index is -0.523. The number of benzene rings is 2. The number of pyridine rings is 1. The van der Waals surface area contributed by atoms with Crippen LogP contribution in [0.25, 0.3) is 0 Å². The van der Waals surface area contributed by atoms with Crippen LogP contribution in [0.5, 0.6) is 17.4 Å². The number of hydrogen-bond donors (Lipinski definition) is 1. The number of nitrogens with zero attached hydrogens (tertiary/aromatic N) is 3. The SMILES string of the molecule is COCc1c(Br)c(C)nc(OCC(=O)N/N=C\c2cc(I)c(OCc3ccc(Cl)cc3)c(OC)c2)c1C#N. The Balaban J connectivity index is 1.63. The molecule has 0 bridgehead atoms. The lowest BCUT2D eigenvalue weighted by molar-refractivity contribution is -0.123. The first-order valence-corrected chi connectivity index (χ1v) is 13.3. The topological polar surface area (TPSA) is 115 Å². The smallest absolute Gasteiger partial charge is 0.278 e. The number of methoxy groups -OCH3 is 2. The van der Waals surface area contributed by atoms with Crippen LogP contribution >= 0.6 is 50.1 Å². The molecule has 9 nitrogen and oxygen atoms in total. The summed E-state index contributed by atoms with van der Waals surface area (Å²) in [6, 6.07) is 13.0. The molecule has 3 rings (SSSR count). The Morgan fingerprint density at radius 1 is 1.24 bits per heavy atom. The van der Waals surface area contributed by atoms with Crippen molar-refractivity contribution in [3.63, 3.8) is 0 Å². The number of carbonyl (C=O) groups excluding carboxylic acids is 1. The largest absolute Gasteiger partial charge is 0.493 e. The fourth-order valence-electron chi connectivity index (χ4n) is 3.25. The highest BCUT2D eigenvalue weighted by atomic mass is 127. The number of aromatic nitrogens is 1. The molecular weight excluding hydrogens is 691 g/mol. The maximum absolute atomic E-state index is 12.3. The summed E-state index contributed by atoms with van der Waals surface area (Å²) in [6.45, 7) is 1.91. The molecule has 0 atom stereocenters. The molecule has 0 spiro atoms. The van der Waals surface area contributed by atoms with Crippen LogP contribution < -0.4 is 19.6 Å². The van der Waals surface area contributed by atoms with Gasteiger partial charge in [0.05, 0.1) is 29.2 Å². The highest BCUT2D eigenvalue weighted by Crippen LogP contribution is 2.34. The van der Waals surface area contributed by atoms with Gasteiger partial charge in [-0.1, -0.05) is 23.7 Å². The van der Waals surface area contributed by atoms with E-state index >= 15 is 0 Å². The van der Waals surface area contributed by atoms with Gasteiger partial charge in [-0.15, -0.1) is 0 Å². The Labute approximate surface area is 247 Å². The summed E-state index contributed by atoms with van der Waals surface area (Å²) >= 11 is 11.5. The van der Waals surface area contributed by atoms with Crippen LogP contribution in [0.3, 0.4) is 0 Å². The summed E-state index contributed by atoms with van der Waals surface area (Å²) in [5.41, 5.74) is 5.45. The third-order valence-corrected chi connectivity index (χ3v) is 7.16. The van der Waals surface area contributed by atoms with Crippen molar-refractivity contribution in [1.29, 1.82) is 5.26 Å². The van der Waals surface area contributed by atoms with Gasteiger partial charge in [-0.25, -0.2) is 10.4 Å². The van der Waals surface area contributed by atoms with E-state index in [0.29, 0.717) is 44.4 Å². The van der Waals surface area contributed by atoms with E-state index in [1.165, 1.54) is 13.3 Å². The van der Waals surface area contributed by atoms with E-state index in [2.05, 4.69) is 60.1 Å². The van der Waals surface area contributed by atoms with Crippen LogP contribution in [0.4, 0.5) is 0 Å². The van der Waals surface area contributed by atoms with Crippen molar-refractivity contribution in [3.8, 4) is 23.4 Å². The van der Waals surface area contributed by atoms with Gasteiger partial charge >= 0.3 is 0 Å². The number of aryl methyl sites for hydroxylation is 1. The molecule has 0 unspecified atom stereocenters. The minimum absolute atomic E-state index is 0.0489. The normalized spacial score (nSPS) is 10.8. The number of rotatable bonds is 11. The van der Waals surface area contributed by atoms with Gasteiger partial charge < -0.3 is 18.9 Å². The van der Waals surface area contributed by atoms with E-state index in [1.54, 1.807) is 32.2 Å². The molecule has 0 aliphatic carbocycles. The lowest BCUT2D eigenvalue weighted by atomic mass is 10.1. The van der Waals surface area contributed by atoms with Gasteiger partial charge in [0.1, 0.15) is 18.2 Å². The lowest BCUT2D eigenvalue weighted by Gasteiger charge is -2.14. The molecule has 3 aromatic rings. The van der Waals surface area contributed by atoms with Crippen LogP contribution in [0.15, 0.2) is 46.0 Å². The standard InChI is InChI=1S/C26H23BrClIN4O5/c1-15-24(27)20(13-35-2)19(10-30)26(32-15)38-14-23(34)33-31-11-17-8-21(29)25(22(9-17)36-3)37-12-16-4-6-18(28)7-5-16/h4-9,11H,12-14H2,1-3H3,(H,33,34)/b31-11-. The Morgan fingerprint density at radius 2 is 1.97 bits per heavy atom. The average molecular weight is 714 g/mol. The molecule has 1 amide bonds. The molecule has 2 aromatic carbocycles. The molecule has 0 aliphatic heterocycles. The zero-order chi connectivity index (χ0) is 27.7. The van der Waals surface area contributed by atoms with Crippen LogP contribution in [0, 0.1) is 21.8 Å². The van der Waals surface area contributed by atoms with Gasteiger partial charge in [-0.05, 0) is 80.8 Å². The van der Waals surface area contributed by atoms with Crippen molar-refractivity contribution in [2.45, 2.75) is 20.1 Å². The zero-order valence-electron chi connectivity index (χ0n) is 20.7. The van der Waals surface area contributed by atoms with Gasteiger partial charge in [-0.3, -0.25) is 4.79 Å². The van der Waals surface area contributed by atoms with E-state index in [9.17, 15) is 10.1 Å². The van der Waals surface area contributed by atoms with Crippen LogP contribution in [-0.4, -0.2) is 37.9 Å².